The van der Waals surface area contributed by atoms with Gasteiger partial charge in [0.2, 0.25) is 5.91 Å². The Bertz CT molecular complexity index is 1620. The molecule has 2 aromatic carbocycles. The topological polar surface area (TPSA) is 131 Å². The number of nitrogens with one attached hydrogen (secondary N) is 2. The molecule has 2 amide bonds. The molecule has 13 heteroatoms. The van der Waals surface area contributed by atoms with Crippen molar-refractivity contribution in [2.75, 3.05) is 30.7 Å². The van der Waals surface area contributed by atoms with E-state index < -0.39 is 18.7 Å². The molecule has 0 spiro atoms. The monoisotopic (exact) mass is 597 g/mol. The Morgan fingerprint density at radius 1 is 1.16 bits per heavy atom. The number of halogens is 3. The number of nitrogens with two attached hydrogens (primary N) is 1. The van der Waals surface area contributed by atoms with E-state index in [4.69, 9.17) is 10.5 Å². The van der Waals surface area contributed by atoms with E-state index in [0.717, 1.165) is 40.4 Å². The van der Waals surface area contributed by atoms with Gasteiger partial charge in [0, 0.05) is 31.2 Å². The standard InChI is InChI=1S/C30H34F3N7O3/c1-4-40-15-24(43-16-30(31,32)33)26(38-40)28(41)35-21-7-5-19(6-8-21)22-13-20(14-23-25(22)27(34)37-36-23)18-9-11-39(12-10-18)29(42)17(2)3/h5-8,13-15,17-18H,4,9-12,16H2,1-3H3,(H,35,41)(H3,34,36,37). The van der Waals surface area contributed by atoms with Crippen molar-refractivity contribution in [3.8, 4) is 16.9 Å². The quantitative estimate of drug-likeness (QED) is 0.243. The molecule has 3 heterocycles. The Morgan fingerprint density at radius 2 is 1.86 bits per heavy atom. The normalized spacial score (nSPS) is 14.4. The summed E-state index contributed by atoms with van der Waals surface area (Å²) in [5.74, 6) is -0.168. The van der Waals surface area contributed by atoms with Crippen molar-refractivity contribution in [2.24, 2.45) is 5.92 Å². The molecule has 10 nitrogen and oxygen atoms in total. The van der Waals surface area contributed by atoms with Crippen molar-refractivity contribution in [2.45, 2.75) is 52.3 Å². The number of amides is 2. The molecule has 4 aromatic rings. The van der Waals surface area contributed by atoms with Gasteiger partial charge in [0.25, 0.3) is 5.91 Å². The SMILES string of the molecule is CCn1cc(OCC(F)(F)F)c(C(=O)Nc2ccc(-c3cc(C4CCN(C(=O)C(C)C)CC4)cc4[nH]nc(N)c34)cc2)n1. The van der Waals surface area contributed by atoms with Crippen LogP contribution in [0.15, 0.2) is 42.6 Å². The van der Waals surface area contributed by atoms with E-state index in [-0.39, 0.29) is 29.2 Å². The minimum absolute atomic E-state index is 0.0290. The molecule has 0 bridgehead atoms. The lowest BCUT2D eigenvalue weighted by atomic mass is 9.86. The number of aromatic amines is 1. The molecule has 0 radical (unpaired) electrons. The van der Waals surface area contributed by atoms with E-state index in [9.17, 15) is 22.8 Å². The van der Waals surface area contributed by atoms with Gasteiger partial charge in [0.1, 0.15) is 0 Å². The summed E-state index contributed by atoms with van der Waals surface area (Å²) in [4.78, 5) is 27.3. The van der Waals surface area contributed by atoms with Gasteiger partial charge in [-0.2, -0.15) is 23.4 Å². The van der Waals surface area contributed by atoms with E-state index in [2.05, 4.69) is 32.7 Å². The van der Waals surface area contributed by atoms with Crippen LogP contribution in [0.2, 0.25) is 0 Å². The summed E-state index contributed by atoms with van der Waals surface area (Å²) >= 11 is 0. The van der Waals surface area contributed by atoms with Crippen LogP contribution in [0.4, 0.5) is 24.7 Å². The first-order valence-electron chi connectivity index (χ1n) is 14.2. The number of likely N-dealkylation sites (tertiary alicyclic amines) is 1. The van der Waals surface area contributed by atoms with Crippen molar-refractivity contribution < 1.29 is 27.5 Å². The number of hydrogen-bond donors (Lipinski definition) is 3. The maximum Gasteiger partial charge on any atom is 0.422 e. The van der Waals surface area contributed by atoms with E-state index in [0.29, 0.717) is 31.1 Å². The third-order valence-corrected chi connectivity index (χ3v) is 7.60. The lowest BCUT2D eigenvalue weighted by Crippen LogP contribution is -2.40. The van der Waals surface area contributed by atoms with Crippen molar-refractivity contribution in [3.05, 3.63) is 53.9 Å². The molecule has 43 heavy (non-hydrogen) atoms. The molecule has 0 atom stereocenters. The predicted molar refractivity (Wildman–Crippen MR) is 157 cm³/mol. The van der Waals surface area contributed by atoms with Gasteiger partial charge in [0.05, 0.1) is 17.1 Å². The molecular formula is C30H34F3N7O3. The highest BCUT2D eigenvalue weighted by Gasteiger charge is 2.30. The molecule has 0 saturated carbocycles. The summed E-state index contributed by atoms with van der Waals surface area (Å²) in [6.45, 7) is 5.80. The average molecular weight is 598 g/mol. The van der Waals surface area contributed by atoms with E-state index in [1.807, 2.05) is 30.9 Å². The van der Waals surface area contributed by atoms with Gasteiger partial charge in [0.15, 0.2) is 23.9 Å². The van der Waals surface area contributed by atoms with Crippen LogP contribution in [0.5, 0.6) is 5.75 Å². The summed E-state index contributed by atoms with van der Waals surface area (Å²) < 4.78 is 44.3. The molecule has 1 aliphatic rings. The molecule has 1 aliphatic heterocycles. The highest BCUT2D eigenvalue weighted by Crippen LogP contribution is 2.38. The Hall–Kier alpha value is -4.55. The van der Waals surface area contributed by atoms with Crippen LogP contribution < -0.4 is 15.8 Å². The molecule has 228 valence electrons. The first-order chi connectivity index (χ1) is 20.4. The van der Waals surface area contributed by atoms with Crippen LogP contribution >= 0.6 is 0 Å². The molecule has 1 fully saturated rings. The average Bonchev–Trinajstić information content (AvgIpc) is 3.58. The fourth-order valence-corrected chi connectivity index (χ4v) is 5.38. The second-order valence-corrected chi connectivity index (χ2v) is 11.0. The Kier molecular flexibility index (Phi) is 8.34. The van der Waals surface area contributed by atoms with Crippen LogP contribution in [-0.2, 0) is 11.3 Å². The molecule has 0 aliphatic carbocycles. The summed E-state index contributed by atoms with van der Waals surface area (Å²) in [7, 11) is 0. The number of fused-ring (bicyclic) bond motifs is 1. The maximum absolute atomic E-state index is 12.9. The first kappa shape index (κ1) is 29.9. The first-order valence-corrected chi connectivity index (χ1v) is 14.2. The van der Waals surface area contributed by atoms with Gasteiger partial charge in [-0.05, 0) is 66.6 Å². The van der Waals surface area contributed by atoms with Gasteiger partial charge in [-0.15, -0.1) is 0 Å². The van der Waals surface area contributed by atoms with Crippen LogP contribution in [0, 0.1) is 5.92 Å². The Balaban J connectivity index is 1.36. The highest BCUT2D eigenvalue weighted by molar-refractivity contribution is 6.05. The van der Waals surface area contributed by atoms with E-state index in [1.165, 1.54) is 10.9 Å². The van der Waals surface area contributed by atoms with Gasteiger partial charge in [-0.3, -0.25) is 19.4 Å². The molecule has 2 aromatic heterocycles. The number of alkyl halides is 3. The minimum Gasteiger partial charge on any atom is -0.480 e. The fraction of sp³-hybridized carbons (Fsp3) is 0.400. The zero-order chi connectivity index (χ0) is 30.9. The maximum atomic E-state index is 12.9. The van der Waals surface area contributed by atoms with Crippen molar-refractivity contribution >= 4 is 34.2 Å². The molecule has 1 saturated heterocycles. The summed E-state index contributed by atoms with van der Waals surface area (Å²) in [5, 5.41) is 14.8. The fourth-order valence-electron chi connectivity index (χ4n) is 5.38. The van der Waals surface area contributed by atoms with Gasteiger partial charge < -0.3 is 20.7 Å². The minimum atomic E-state index is -4.55. The van der Waals surface area contributed by atoms with Crippen LogP contribution in [0.25, 0.3) is 22.0 Å². The number of anilines is 2. The van der Waals surface area contributed by atoms with Crippen LogP contribution in [0.1, 0.15) is 55.6 Å². The Morgan fingerprint density at radius 3 is 2.49 bits per heavy atom. The van der Waals surface area contributed by atoms with Crippen molar-refractivity contribution in [1.82, 2.24) is 24.9 Å². The molecule has 0 unspecified atom stereocenters. The third kappa shape index (κ3) is 6.60. The van der Waals surface area contributed by atoms with E-state index in [1.54, 1.807) is 19.1 Å². The number of benzene rings is 2. The second kappa shape index (κ2) is 12.0. The number of aromatic nitrogens is 4. The summed E-state index contributed by atoms with van der Waals surface area (Å²) in [5.41, 5.74) is 10.1. The predicted octanol–water partition coefficient (Wildman–Crippen LogP) is 5.58. The van der Waals surface area contributed by atoms with E-state index >= 15 is 0 Å². The number of carbonyl (C=O) groups is 2. The lowest BCUT2D eigenvalue weighted by Gasteiger charge is -2.33. The van der Waals surface area contributed by atoms with Crippen molar-refractivity contribution in [1.29, 1.82) is 0 Å². The number of hydrogen-bond acceptors (Lipinski definition) is 6. The highest BCUT2D eigenvalue weighted by atomic mass is 19.4. The van der Waals surface area contributed by atoms with Gasteiger partial charge in [-0.25, -0.2) is 0 Å². The number of nitrogen functional groups attached to an aromatic ring is 1. The van der Waals surface area contributed by atoms with Gasteiger partial charge in [-0.1, -0.05) is 26.0 Å². The smallest absolute Gasteiger partial charge is 0.422 e. The van der Waals surface area contributed by atoms with Crippen LogP contribution in [-0.4, -0.2) is 62.6 Å². The third-order valence-electron chi connectivity index (χ3n) is 7.60. The number of carbonyl (C=O) groups excluding carboxylic acids is 2. The zero-order valence-electron chi connectivity index (χ0n) is 24.2. The number of nitrogens with zero attached hydrogens (tertiary/aromatic N) is 4. The zero-order valence-corrected chi connectivity index (χ0v) is 24.2. The van der Waals surface area contributed by atoms with Gasteiger partial charge >= 0.3 is 6.18 Å². The lowest BCUT2D eigenvalue weighted by molar-refractivity contribution is -0.153. The van der Waals surface area contributed by atoms with Crippen LogP contribution in [0.3, 0.4) is 0 Å². The second-order valence-electron chi connectivity index (χ2n) is 11.0. The molecule has 4 N–H and O–H groups in total. The number of rotatable bonds is 8. The molecule has 5 rings (SSSR count). The summed E-state index contributed by atoms with van der Waals surface area (Å²) in [6.07, 6.45) is -1.59. The summed E-state index contributed by atoms with van der Waals surface area (Å²) in [6, 6.07) is 11.2. The Labute approximate surface area is 246 Å². The largest absolute Gasteiger partial charge is 0.480 e. The molecular weight excluding hydrogens is 563 g/mol. The number of ether oxygens (including phenoxy) is 1. The number of aryl methyl sites for hydroxylation is 1. The number of piperidine rings is 1. The number of H-pyrrole nitrogens is 1. The van der Waals surface area contributed by atoms with Crippen molar-refractivity contribution in [3.63, 3.8) is 0 Å².